The van der Waals surface area contributed by atoms with E-state index in [1.807, 2.05) is 0 Å². The normalized spacial score (nSPS) is 9.16. The van der Waals surface area contributed by atoms with Crippen LogP contribution in [0.25, 0.3) is 10.8 Å². The van der Waals surface area contributed by atoms with E-state index in [0.29, 0.717) is 0 Å². The second-order valence-corrected chi connectivity index (χ2v) is 5.06. The van der Waals surface area contributed by atoms with Gasteiger partial charge in [-0.15, -0.1) is 0 Å². The molecule has 0 heteroatoms. The van der Waals surface area contributed by atoms with Crippen LogP contribution in [0, 0.1) is 13.8 Å². The molecule has 0 amide bonds. The molecule has 0 aliphatic rings. The molecule has 0 aliphatic carbocycles. The van der Waals surface area contributed by atoms with Crippen LogP contribution in [0.1, 0.15) is 58.1 Å². The van der Waals surface area contributed by atoms with Crippen molar-refractivity contribution in [3.63, 3.8) is 0 Å². The zero-order valence-electron chi connectivity index (χ0n) is 13.6. The highest BCUT2D eigenvalue weighted by atomic mass is 14.0. The molecule has 2 rings (SSSR count). The van der Waals surface area contributed by atoms with Crippen LogP contribution < -0.4 is 0 Å². The summed E-state index contributed by atoms with van der Waals surface area (Å²) in [6, 6.07) is 13.1. The summed E-state index contributed by atoms with van der Waals surface area (Å²) in [5, 5.41) is 2.67. The van der Waals surface area contributed by atoms with Crippen molar-refractivity contribution >= 4 is 10.8 Å². The summed E-state index contributed by atoms with van der Waals surface area (Å²) in [7, 11) is 0. The molecular weight excluding hydrogens is 228 g/mol. The molecule has 0 spiro atoms. The first-order valence-electron chi connectivity index (χ1n) is 7.55. The Labute approximate surface area is 119 Å². The third-order valence-corrected chi connectivity index (χ3v) is 2.65. The number of hydrogen-bond acceptors (Lipinski definition) is 0. The van der Waals surface area contributed by atoms with Crippen molar-refractivity contribution in [1.29, 1.82) is 0 Å². The van der Waals surface area contributed by atoms with Crippen molar-refractivity contribution < 1.29 is 0 Å². The zero-order valence-corrected chi connectivity index (χ0v) is 13.6. The Balaban J connectivity index is 0.000000393. The molecule has 0 atom stereocenters. The largest absolute Gasteiger partial charge is 0.0656 e. The van der Waals surface area contributed by atoms with E-state index in [4.69, 9.17) is 0 Å². The standard InChI is InChI=1S/C12H12.C4H10.C3H8/c1-9-3-5-12-8-10(2)4-6-11(12)7-9;1-3-4-2;1-3-2/h3-8H,1-2H3;3-4H2,1-2H3;3H2,1-2H3. The fourth-order valence-electron chi connectivity index (χ4n) is 1.48. The molecule has 0 radical (unpaired) electrons. The summed E-state index contributed by atoms with van der Waals surface area (Å²) in [5.74, 6) is 0. The molecule has 2 aromatic carbocycles. The fraction of sp³-hybridized carbons (Fsp3) is 0.474. The van der Waals surface area contributed by atoms with Crippen molar-refractivity contribution in [2.75, 3.05) is 0 Å². The van der Waals surface area contributed by atoms with E-state index >= 15 is 0 Å². The zero-order chi connectivity index (χ0) is 14.7. The van der Waals surface area contributed by atoms with Gasteiger partial charge in [0.2, 0.25) is 0 Å². The van der Waals surface area contributed by atoms with Crippen LogP contribution in [-0.4, -0.2) is 0 Å². The molecule has 0 aliphatic heterocycles. The number of hydrogen-bond donors (Lipinski definition) is 0. The lowest BCUT2D eigenvalue weighted by Gasteiger charge is -1.99. The Morgan fingerprint density at radius 3 is 1.21 bits per heavy atom. The smallest absolute Gasteiger partial charge is 0.0181 e. The molecule has 0 aromatic heterocycles. The summed E-state index contributed by atoms with van der Waals surface area (Å²) in [5.41, 5.74) is 2.65. The maximum atomic E-state index is 2.22. The molecule has 0 saturated heterocycles. The molecule has 0 N–H and O–H groups in total. The van der Waals surface area contributed by atoms with Crippen LogP contribution in [0.4, 0.5) is 0 Å². The quantitative estimate of drug-likeness (QED) is 0.535. The number of unbranched alkanes of at least 4 members (excludes halogenated alkanes) is 1. The number of aryl methyl sites for hydroxylation is 2. The first-order valence-corrected chi connectivity index (χ1v) is 7.55. The van der Waals surface area contributed by atoms with Crippen LogP contribution in [0.3, 0.4) is 0 Å². The molecule has 2 aromatic rings. The fourth-order valence-corrected chi connectivity index (χ4v) is 1.48. The van der Waals surface area contributed by atoms with Gasteiger partial charge in [0.25, 0.3) is 0 Å². The van der Waals surface area contributed by atoms with E-state index in [0.717, 1.165) is 0 Å². The van der Waals surface area contributed by atoms with E-state index in [1.165, 1.54) is 41.2 Å². The molecule has 19 heavy (non-hydrogen) atoms. The highest BCUT2D eigenvalue weighted by Crippen LogP contribution is 2.16. The third-order valence-electron chi connectivity index (χ3n) is 2.65. The van der Waals surface area contributed by atoms with E-state index in [9.17, 15) is 0 Å². The van der Waals surface area contributed by atoms with Gasteiger partial charge in [0.05, 0.1) is 0 Å². The van der Waals surface area contributed by atoms with Crippen LogP contribution >= 0.6 is 0 Å². The van der Waals surface area contributed by atoms with Gasteiger partial charge in [0, 0.05) is 0 Å². The summed E-state index contributed by atoms with van der Waals surface area (Å²) < 4.78 is 0. The minimum atomic E-state index is 1.25. The second-order valence-electron chi connectivity index (χ2n) is 5.06. The number of benzene rings is 2. The summed E-state index contributed by atoms with van der Waals surface area (Å²) >= 11 is 0. The maximum Gasteiger partial charge on any atom is -0.0181 e. The van der Waals surface area contributed by atoms with Crippen molar-refractivity contribution in [3.8, 4) is 0 Å². The molecule has 106 valence electrons. The minimum absolute atomic E-state index is 1.25. The molecule has 0 heterocycles. The Hall–Kier alpha value is -1.30. The molecule has 0 fully saturated rings. The summed E-state index contributed by atoms with van der Waals surface area (Å²) in [6.07, 6.45) is 3.89. The topological polar surface area (TPSA) is 0 Å². The Morgan fingerprint density at radius 1 is 0.632 bits per heavy atom. The first kappa shape index (κ1) is 17.7. The summed E-state index contributed by atoms with van der Waals surface area (Å²) in [4.78, 5) is 0. The van der Waals surface area contributed by atoms with Crippen LogP contribution in [-0.2, 0) is 0 Å². The Bertz CT molecular complexity index is 411. The number of rotatable bonds is 1. The maximum absolute atomic E-state index is 2.22. The third kappa shape index (κ3) is 7.66. The van der Waals surface area contributed by atoms with Crippen molar-refractivity contribution in [2.45, 2.75) is 60.8 Å². The molecule has 0 unspecified atom stereocenters. The molecule has 0 bridgehead atoms. The van der Waals surface area contributed by atoms with Gasteiger partial charge >= 0.3 is 0 Å². The lowest BCUT2D eigenvalue weighted by Crippen LogP contribution is -1.76. The van der Waals surface area contributed by atoms with Gasteiger partial charge in [-0.3, -0.25) is 0 Å². The predicted molar refractivity (Wildman–Crippen MR) is 90.0 cm³/mol. The SMILES string of the molecule is CCC.CCCC.Cc1ccc2cc(C)ccc2c1. The van der Waals surface area contributed by atoms with Crippen molar-refractivity contribution in [1.82, 2.24) is 0 Å². The highest BCUT2D eigenvalue weighted by molar-refractivity contribution is 5.83. The van der Waals surface area contributed by atoms with Crippen LogP contribution in [0.5, 0.6) is 0 Å². The highest BCUT2D eigenvalue weighted by Gasteiger charge is 1.92. The first-order chi connectivity index (χ1) is 9.08. The molecular formula is C19H30. The summed E-state index contributed by atoms with van der Waals surface area (Å²) in [6.45, 7) is 12.9. The lowest BCUT2D eigenvalue weighted by molar-refractivity contribution is 0.886. The number of fused-ring (bicyclic) bond motifs is 1. The van der Waals surface area contributed by atoms with Crippen molar-refractivity contribution in [2.24, 2.45) is 0 Å². The second kappa shape index (κ2) is 10.6. The molecule has 0 saturated carbocycles. The van der Waals surface area contributed by atoms with Gasteiger partial charge in [-0.1, -0.05) is 94.5 Å². The average molecular weight is 258 g/mol. The van der Waals surface area contributed by atoms with E-state index in [-0.39, 0.29) is 0 Å². The van der Waals surface area contributed by atoms with Crippen LogP contribution in [0.2, 0.25) is 0 Å². The van der Waals surface area contributed by atoms with E-state index in [1.54, 1.807) is 0 Å². The van der Waals surface area contributed by atoms with E-state index < -0.39 is 0 Å². The minimum Gasteiger partial charge on any atom is -0.0656 e. The average Bonchev–Trinajstić information content (AvgIpc) is 2.40. The van der Waals surface area contributed by atoms with Gasteiger partial charge in [-0.05, 0) is 24.6 Å². The van der Waals surface area contributed by atoms with E-state index in [2.05, 4.69) is 77.9 Å². The van der Waals surface area contributed by atoms with Gasteiger partial charge in [-0.25, -0.2) is 0 Å². The van der Waals surface area contributed by atoms with Gasteiger partial charge in [0.15, 0.2) is 0 Å². The lowest BCUT2D eigenvalue weighted by atomic mass is 10.1. The monoisotopic (exact) mass is 258 g/mol. The van der Waals surface area contributed by atoms with Gasteiger partial charge in [-0.2, -0.15) is 0 Å². The molecule has 0 nitrogen and oxygen atoms in total. The van der Waals surface area contributed by atoms with Gasteiger partial charge in [0.1, 0.15) is 0 Å². The van der Waals surface area contributed by atoms with Crippen molar-refractivity contribution in [3.05, 3.63) is 47.5 Å². The Kier molecular flexibility index (Phi) is 9.88. The predicted octanol–water partition coefficient (Wildman–Crippen LogP) is 6.68. The Morgan fingerprint density at radius 2 is 0.947 bits per heavy atom. The van der Waals surface area contributed by atoms with Gasteiger partial charge < -0.3 is 0 Å². The van der Waals surface area contributed by atoms with Crippen LogP contribution in [0.15, 0.2) is 36.4 Å².